The fraction of sp³-hybridized carbons (Fsp3) is 0.615. The first-order valence-electron chi connectivity index (χ1n) is 6.95. The smallest absolute Gasteiger partial charge is 0.347 e. The van der Waals surface area contributed by atoms with Gasteiger partial charge in [0, 0.05) is 18.9 Å². The maximum absolute atomic E-state index is 12.2. The molecule has 0 radical (unpaired) electrons. The second-order valence-corrected chi connectivity index (χ2v) is 7.44. The Bertz CT molecular complexity index is 687. The fourth-order valence-corrected chi connectivity index (χ4v) is 2.59. The van der Waals surface area contributed by atoms with E-state index < -0.39 is 40.8 Å². The van der Waals surface area contributed by atoms with Crippen LogP contribution in [0.1, 0.15) is 37.4 Å². The number of halogens is 3. The van der Waals surface area contributed by atoms with Gasteiger partial charge in [0.05, 0.1) is 18.2 Å². The van der Waals surface area contributed by atoms with Crippen molar-refractivity contribution in [2.75, 3.05) is 6.26 Å². The van der Waals surface area contributed by atoms with Crippen LogP contribution in [0.5, 0.6) is 0 Å². The van der Waals surface area contributed by atoms with Gasteiger partial charge in [0.2, 0.25) is 20.9 Å². The third-order valence-corrected chi connectivity index (χ3v) is 4.21. The van der Waals surface area contributed by atoms with E-state index >= 15 is 0 Å². The highest BCUT2D eigenvalue weighted by molar-refractivity contribution is 7.90. The van der Waals surface area contributed by atoms with Crippen molar-refractivity contribution >= 4 is 15.7 Å². The number of carbonyl (C=O) groups excluding carboxylic acids is 1. The summed E-state index contributed by atoms with van der Waals surface area (Å²) in [6.07, 6.45) is -2.46. The summed E-state index contributed by atoms with van der Waals surface area (Å²) in [6.45, 7) is 0. The molecule has 1 aromatic rings. The molecule has 1 unspecified atom stereocenters. The van der Waals surface area contributed by atoms with Crippen LogP contribution >= 0.6 is 0 Å². The molecule has 1 saturated carbocycles. The molecule has 1 heterocycles. The topological polar surface area (TPSA) is 89.0 Å². The lowest BCUT2D eigenvalue weighted by Crippen LogP contribution is -2.31. The van der Waals surface area contributed by atoms with E-state index in [1.54, 1.807) is 0 Å². The van der Waals surface area contributed by atoms with Gasteiger partial charge in [0.25, 0.3) is 0 Å². The minimum Gasteiger partial charge on any atom is -0.347 e. The highest BCUT2D eigenvalue weighted by atomic mass is 32.2. The first-order valence-corrected chi connectivity index (χ1v) is 8.84. The molecule has 23 heavy (non-hydrogen) atoms. The molecular formula is C13H16F3N3O3S. The van der Waals surface area contributed by atoms with Crippen LogP contribution in [0.4, 0.5) is 13.2 Å². The Hall–Kier alpha value is -1.71. The van der Waals surface area contributed by atoms with Gasteiger partial charge < -0.3 is 5.32 Å². The predicted octanol–water partition coefficient (Wildman–Crippen LogP) is 1.79. The fourth-order valence-electron chi connectivity index (χ4n) is 2.07. The van der Waals surface area contributed by atoms with E-state index in [1.807, 2.05) is 0 Å². The third kappa shape index (κ3) is 5.45. The van der Waals surface area contributed by atoms with Crippen molar-refractivity contribution in [1.82, 2.24) is 15.3 Å². The molecule has 0 spiro atoms. The van der Waals surface area contributed by atoms with Crippen LogP contribution in [0.3, 0.4) is 0 Å². The van der Waals surface area contributed by atoms with Crippen LogP contribution in [0.25, 0.3) is 0 Å². The Morgan fingerprint density at radius 2 is 2.09 bits per heavy atom. The standard InChI is InChI=1S/C13H16F3N3O3S/c1-23(21,22)12-17-7-5-9(18-12)11(8-2-3-8)19-10(20)4-6-13(14,15)16/h5,7-8,11H,2-4,6H2,1H3,(H,19,20). The molecule has 0 bridgehead atoms. The van der Waals surface area contributed by atoms with Gasteiger partial charge in [-0.25, -0.2) is 18.4 Å². The van der Waals surface area contributed by atoms with Crippen molar-refractivity contribution in [2.24, 2.45) is 5.92 Å². The number of hydrogen-bond donors (Lipinski definition) is 1. The minimum atomic E-state index is -4.40. The van der Waals surface area contributed by atoms with E-state index in [9.17, 15) is 26.4 Å². The Balaban J connectivity index is 2.12. The van der Waals surface area contributed by atoms with Gasteiger partial charge in [-0.1, -0.05) is 0 Å². The van der Waals surface area contributed by atoms with Crippen molar-refractivity contribution in [1.29, 1.82) is 0 Å². The van der Waals surface area contributed by atoms with Gasteiger partial charge in [0.1, 0.15) is 0 Å². The zero-order chi connectivity index (χ0) is 17.3. The lowest BCUT2D eigenvalue weighted by Gasteiger charge is -2.18. The number of carbonyl (C=O) groups is 1. The molecule has 2 rings (SSSR count). The summed E-state index contributed by atoms with van der Waals surface area (Å²) < 4.78 is 59.5. The van der Waals surface area contributed by atoms with Crippen LogP contribution in [0.2, 0.25) is 0 Å². The summed E-state index contributed by atoms with van der Waals surface area (Å²) in [5, 5.41) is 2.15. The van der Waals surface area contributed by atoms with Crippen LogP contribution < -0.4 is 5.32 Å². The monoisotopic (exact) mass is 351 g/mol. The van der Waals surface area contributed by atoms with Crippen LogP contribution in [-0.4, -0.2) is 36.7 Å². The van der Waals surface area contributed by atoms with Crippen molar-refractivity contribution < 1.29 is 26.4 Å². The average molecular weight is 351 g/mol. The Morgan fingerprint density at radius 1 is 1.43 bits per heavy atom. The lowest BCUT2D eigenvalue weighted by atomic mass is 10.1. The molecule has 1 amide bonds. The second kappa shape index (κ2) is 6.42. The summed E-state index contributed by atoms with van der Waals surface area (Å²) in [6, 6.07) is 0.862. The third-order valence-electron chi connectivity index (χ3n) is 3.35. The molecule has 0 saturated heterocycles. The summed E-state index contributed by atoms with van der Waals surface area (Å²) in [5.74, 6) is -0.689. The normalized spacial score (nSPS) is 16.9. The number of nitrogens with zero attached hydrogens (tertiary/aromatic N) is 2. The average Bonchev–Trinajstić information content (AvgIpc) is 3.25. The Morgan fingerprint density at radius 3 is 2.61 bits per heavy atom. The highest BCUT2D eigenvalue weighted by Crippen LogP contribution is 2.40. The van der Waals surface area contributed by atoms with E-state index in [2.05, 4.69) is 15.3 Å². The molecule has 128 valence electrons. The van der Waals surface area contributed by atoms with Crippen molar-refractivity contribution in [3.63, 3.8) is 0 Å². The molecule has 10 heteroatoms. The number of nitrogens with one attached hydrogen (secondary N) is 1. The van der Waals surface area contributed by atoms with Gasteiger partial charge in [-0.05, 0) is 24.8 Å². The maximum Gasteiger partial charge on any atom is 0.389 e. The minimum absolute atomic E-state index is 0.0483. The zero-order valence-corrected chi connectivity index (χ0v) is 13.1. The molecule has 0 aliphatic heterocycles. The summed E-state index contributed by atoms with van der Waals surface area (Å²) in [4.78, 5) is 19.3. The number of rotatable bonds is 6. The van der Waals surface area contributed by atoms with Crippen LogP contribution in [-0.2, 0) is 14.6 Å². The molecule has 6 nitrogen and oxygen atoms in total. The highest BCUT2D eigenvalue weighted by Gasteiger charge is 2.35. The molecule has 1 aliphatic carbocycles. The van der Waals surface area contributed by atoms with Crippen molar-refractivity contribution in [2.45, 2.75) is 43.1 Å². The molecule has 1 fully saturated rings. The largest absolute Gasteiger partial charge is 0.389 e. The van der Waals surface area contributed by atoms with E-state index in [0.717, 1.165) is 19.1 Å². The number of amides is 1. The van der Waals surface area contributed by atoms with E-state index in [1.165, 1.54) is 12.3 Å². The van der Waals surface area contributed by atoms with Gasteiger partial charge in [-0.15, -0.1) is 0 Å². The van der Waals surface area contributed by atoms with Crippen LogP contribution in [0.15, 0.2) is 17.4 Å². The van der Waals surface area contributed by atoms with E-state index in [0.29, 0.717) is 5.69 Å². The number of hydrogen-bond acceptors (Lipinski definition) is 5. The molecule has 1 aromatic heterocycles. The van der Waals surface area contributed by atoms with E-state index in [-0.39, 0.29) is 11.1 Å². The number of alkyl halides is 3. The van der Waals surface area contributed by atoms with Crippen molar-refractivity contribution in [3.8, 4) is 0 Å². The molecule has 1 N–H and O–H groups in total. The van der Waals surface area contributed by atoms with Gasteiger partial charge >= 0.3 is 6.18 Å². The summed E-state index contributed by atoms with van der Waals surface area (Å²) in [7, 11) is -3.61. The lowest BCUT2D eigenvalue weighted by molar-refractivity contribution is -0.144. The van der Waals surface area contributed by atoms with E-state index in [4.69, 9.17) is 0 Å². The van der Waals surface area contributed by atoms with Gasteiger partial charge in [-0.2, -0.15) is 13.2 Å². The first-order chi connectivity index (χ1) is 10.6. The van der Waals surface area contributed by atoms with Gasteiger partial charge in [-0.3, -0.25) is 4.79 Å². The summed E-state index contributed by atoms with van der Waals surface area (Å²) in [5.41, 5.74) is 0.295. The Labute approximate surface area is 131 Å². The number of aromatic nitrogens is 2. The predicted molar refractivity (Wildman–Crippen MR) is 74.0 cm³/mol. The quantitative estimate of drug-likeness (QED) is 0.790. The Kier molecular flexibility index (Phi) is 4.92. The first kappa shape index (κ1) is 17.6. The molecule has 1 atom stereocenters. The number of sulfone groups is 1. The van der Waals surface area contributed by atoms with Crippen molar-refractivity contribution in [3.05, 3.63) is 18.0 Å². The summed E-state index contributed by atoms with van der Waals surface area (Å²) >= 11 is 0. The zero-order valence-electron chi connectivity index (χ0n) is 12.3. The second-order valence-electron chi connectivity index (χ2n) is 5.53. The SMILES string of the molecule is CS(=O)(=O)c1nccc(C(NC(=O)CCC(F)(F)F)C2CC2)n1. The van der Waals surface area contributed by atoms with Crippen LogP contribution in [0, 0.1) is 5.92 Å². The van der Waals surface area contributed by atoms with Gasteiger partial charge in [0.15, 0.2) is 0 Å². The molecular weight excluding hydrogens is 335 g/mol. The maximum atomic E-state index is 12.2. The molecule has 0 aromatic carbocycles. The molecule has 1 aliphatic rings.